The third kappa shape index (κ3) is 3.25. The van der Waals surface area contributed by atoms with E-state index in [4.69, 9.17) is 30.4 Å². The first-order chi connectivity index (χ1) is 14.0. The van der Waals surface area contributed by atoms with E-state index in [0.29, 0.717) is 45.4 Å². The minimum atomic E-state index is -0.670. The highest BCUT2D eigenvalue weighted by Gasteiger charge is 2.21. The van der Waals surface area contributed by atoms with Crippen LogP contribution in [0.3, 0.4) is 0 Å². The van der Waals surface area contributed by atoms with Crippen molar-refractivity contribution in [3.05, 3.63) is 48.0 Å². The number of primary amides is 1. The lowest BCUT2D eigenvalue weighted by molar-refractivity contribution is 0.100. The van der Waals surface area contributed by atoms with Crippen LogP contribution in [0.1, 0.15) is 10.4 Å². The number of amides is 1. The number of nitrogens with two attached hydrogens (primary N) is 2. The number of anilines is 1. The fourth-order valence-electron chi connectivity index (χ4n) is 3.26. The number of rotatable bonds is 5. The molecule has 3 aromatic rings. The van der Waals surface area contributed by atoms with Crippen LogP contribution in [0, 0.1) is 0 Å². The summed E-state index contributed by atoms with van der Waals surface area (Å²) in [5, 5.41) is 0. The molecule has 8 heteroatoms. The van der Waals surface area contributed by atoms with Gasteiger partial charge >= 0.3 is 0 Å². The van der Waals surface area contributed by atoms with Gasteiger partial charge in [0.05, 0.1) is 25.5 Å². The third-order valence-corrected chi connectivity index (χ3v) is 4.66. The first kappa shape index (κ1) is 18.4. The van der Waals surface area contributed by atoms with E-state index in [0.717, 1.165) is 0 Å². The van der Waals surface area contributed by atoms with Gasteiger partial charge in [0.15, 0.2) is 11.5 Å². The fraction of sp³-hybridized carbons (Fsp3) is 0.143. The quantitative estimate of drug-likeness (QED) is 0.684. The van der Waals surface area contributed by atoms with Crippen molar-refractivity contribution in [1.82, 2.24) is 4.98 Å². The van der Waals surface area contributed by atoms with Gasteiger partial charge in [0.2, 0.25) is 6.79 Å². The average Bonchev–Trinajstić information content (AvgIpc) is 3.20. The summed E-state index contributed by atoms with van der Waals surface area (Å²) in [6, 6.07) is 12.5. The van der Waals surface area contributed by atoms with Crippen LogP contribution < -0.4 is 30.4 Å². The number of benzene rings is 2. The minimum Gasteiger partial charge on any atom is -0.497 e. The lowest BCUT2D eigenvalue weighted by Crippen LogP contribution is -2.16. The van der Waals surface area contributed by atoms with Gasteiger partial charge in [-0.15, -0.1) is 0 Å². The Morgan fingerprint density at radius 2 is 1.79 bits per heavy atom. The van der Waals surface area contributed by atoms with Gasteiger partial charge in [-0.25, -0.2) is 4.98 Å². The minimum absolute atomic E-state index is 0.0283. The Morgan fingerprint density at radius 3 is 2.52 bits per heavy atom. The highest BCUT2D eigenvalue weighted by Crippen LogP contribution is 2.40. The summed E-state index contributed by atoms with van der Waals surface area (Å²) in [5.74, 6) is 1.77. The summed E-state index contributed by atoms with van der Waals surface area (Å²) in [6.45, 7) is 0.147. The zero-order chi connectivity index (χ0) is 20.5. The molecule has 4 rings (SSSR count). The standard InChI is InChI=1S/C21H19N3O5/c1-26-12-4-5-13(17(8-12)27-2)15-9-14(19(21(23)25)20(22)24-15)11-3-6-16-18(7-11)29-10-28-16/h3-9H,10H2,1-2H3,(H2,22,24)(H2,23,25). The highest BCUT2D eigenvalue weighted by atomic mass is 16.7. The Bertz CT molecular complexity index is 1110. The van der Waals surface area contributed by atoms with Crippen LogP contribution in [0.15, 0.2) is 42.5 Å². The van der Waals surface area contributed by atoms with Crippen LogP contribution in [0.5, 0.6) is 23.0 Å². The summed E-state index contributed by atoms with van der Waals surface area (Å²) in [6.07, 6.45) is 0. The molecule has 1 amide bonds. The van der Waals surface area contributed by atoms with Gasteiger partial charge in [-0.05, 0) is 35.9 Å². The first-order valence-electron chi connectivity index (χ1n) is 8.74. The highest BCUT2D eigenvalue weighted by molar-refractivity contribution is 6.04. The van der Waals surface area contributed by atoms with Crippen LogP contribution in [0.25, 0.3) is 22.4 Å². The van der Waals surface area contributed by atoms with Gasteiger partial charge in [-0.1, -0.05) is 6.07 Å². The van der Waals surface area contributed by atoms with Gasteiger partial charge in [0, 0.05) is 17.2 Å². The zero-order valence-corrected chi connectivity index (χ0v) is 15.9. The van der Waals surface area contributed by atoms with Crippen molar-refractivity contribution in [1.29, 1.82) is 0 Å². The van der Waals surface area contributed by atoms with Gasteiger partial charge < -0.3 is 30.4 Å². The molecule has 0 atom stereocenters. The topological polar surface area (TPSA) is 119 Å². The van der Waals surface area contributed by atoms with Gasteiger partial charge in [0.1, 0.15) is 17.3 Å². The van der Waals surface area contributed by atoms with Crippen LogP contribution in [-0.2, 0) is 0 Å². The summed E-state index contributed by atoms with van der Waals surface area (Å²) >= 11 is 0. The Morgan fingerprint density at radius 1 is 1.00 bits per heavy atom. The largest absolute Gasteiger partial charge is 0.497 e. The van der Waals surface area contributed by atoms with Crippen LogP contribution in [0.4, 0.5) is 5.82 Å². The van der Waals surface area contributed by atoms with E-state index in [9.17, 15) is 4.79 Å². The summed E-state index contributed by atoms with van der Waals surface area (Å²) in [5.41, 5.74) is 14.3. The molecule has 0 bridgehead atoms. The van der Waals surface area contributed by atoms with E-state index >= 15 is 0 Å². The fourth-order valence-corrected chi connectivity index (χ4v) is 3.26. The summed E-state index contributed by atoms with van der Waals surface area (Å²) in [4.78, 5) is 16.5. The number of hydrogen-bond donors (Lipinski definition) is 2. The van der Waals surface area contributed by atoms with E-state index in [1.165, 1.54) is 0 Å². The van der Waals surface area contributed by atoms with Gasteiger partial charge in [0.25, 0.3) is 5.91 Å². The van der Waals surface area contributed by atoms with E-state index in [1.54, 1.807) is 44.6 Å². The zero-order valence-electron chi connectivity index (χ0n) is 15.9. The molecule has 0 aliphatic carbocycles. The average molecular weight is 393 g/mol. The van der Waals surface area contributed by atoms with Crippen molar-refractivity contribution >= 4 is 11.7 Å². The first-order valence-corrected chi connectivity index (χ1v) is 8.74. The molecule has 1 aliphatic heterocycles. The molecule has 1 aliphatic rings. The Balaban J connectivity index is 1.92. The maximum absolute atomic E-state index is 12.1. The molecule has 148 valence electrons. The van der Waals surface area contributed by atoms with E-state index in [1.807, 2.05) is 12.1 Å². The van der Waals surface area contributed by atoms with E-state index in [2.05, 4.69) is 4.98 Å². The second kappa shape index (κ2) is 7.23. The number of fused-ring (bicyclic) bond motifs is 1. The molecule has 0 radical (unpaired) electrons. The molecular weight excluding hydrogens is 374 g/mol. The monoisotopic (exact) mass is 393 g/mol. The Labute approximate surface area is 167 Å². The number of nitrogens with zero attached hydrogens (tertiary/aromatic N) is 1. The van der Waals surface area contributed by atoms with Crippen LogP contribution in [-0.4, -0.2) is 31.9 Å². The third-order valence-electron chi connectivity index (χ3n) is 4.66. The summed E-state index contributed by atoms with van der Waals surface area (Å²) < 4.78 is 21.5. The molecule has 0 unspecified atom stereocenters. The van der Waals surface area contributed by atoms with Crippen molar-refractivity contribution in [3.63, 3.8) is 0 Å². The van der Waals surface area contributed by atoms with Crippen molar-refractivity contribution in [3.8, 4) is 45.4 Å². The number of ether oxygens (including phenoxy) is 4. The molecule has 0 saturated carbocycles. The molecule has 0 saturated heterocycles. The Hall–Kier alpha value is -3.94. The second-order valence-electron chi connectivity index (χ2n) is 6.31. The van der Waals surface area contributed by atoms with Crippen LogP contribution in [0.2, 0.25) is 0 Å². The predicted molar refractivity (Wildman–Crippen MR) is 107 cm³/mol. The number of pyridine rings is 1. The predicted octanol–water partition coefficient (Wildman–Crippen LogP) is 2.84. The van der Waals surface area contributed by atoms with E-state index < -0.39 is 5.91 Å². The molecule has 0 spiro atoms. The number of hydrogen-bond acceptors (Lipinski definition) is 7. The van der Waals surface area contributed by atoms with Gasteiger partial charge in [-0.3, -0.25) is 4.79 Å². The van der Waals surface area contributed by atoms with Crippen LogP contribution >= 0.6 is 0 Å². The molecule has 8 nitrogen and oxygen atoms in total. The maximum atomic E-state index is 12.1. The molecule has 29 heavy (non-hydrogen) atoms. The Kier molecular flexibility index (Phi) is 4.59. The van der Waals surface area contributed by atoms with Gasteiger partial charge in [-0.2, -0.15) is 0 Å². The molecule has 4 N–H and O–H groups in total. The van der Waals surface area contributed by atoms with Crippen molar-refractivity contribution in [2.24, 2.45) is 5.73 Å². The number of carbonyl (C=O) groups is 1. The lowest BCUT2D eigenvalue weighted by Gasteiger charge is -2.15. The van der Waals surface area contributed by atoms with Crippen molar-refractivity contribution in [2.75, 3.05) is 26.7 Å². The number of aromatic nitrogens is 1. The lowest BCUT2D eigenvalue weighted by atomic mass is 9.97. The second-order valence-corrected chi connectivity index (χ2v) is 6.31. The number of methoxy groups -OCH3 is 2. The molecule has 0 fully saturated rings. The normalized spacial score (nSPS) is 11.9. The van der Waals surface area contributed by atoms with E-state index in [-0.39, 0.29) is 18.2 Å². The number of nitrogen functional groups attached to an aromatic ring is 1. The maximum Gasteiger partial charge on any atom is 0.253 e. The molecule has 2 heterocycles. The smallest absolute Gasteiger partial charge is 0.253 e. The molecule has 2 aromatic carbocycles. The van der Waals surface area contributed by atoms with Crippen molar-refractivity contribution < 1.29 is 23.7 Å². The molecule has 1 aromatic heterocycles. The number of carbonyl (C=O) groups excluding carboxylic acids is 1. The summed E-state index contributed by atoms with van der Waals surface area (Å²) in [7, 11) is 3.13. The molecular formula is C21H19N3O5. The van der Waals surface area contributed by atoms with Crippen molar-refractivity contribution in [2.45, 2.75) is 0 Å². The SMILES string of the molecule is COc1ccc(-c2cc(-c3ccc4c(c3)OCO4)c(C(N)=O)c(N)n2)c(OC)c1.